The van der Waals surface area contributed by atoms with Crippen LogP contribution in [0.2, 0.25) is 0 Å². The molecule has 0 unspecified atom stereocenters. The summed E-state index contributed by atoms with van der Waals surface area (Å²) in [6.45, 7) is 3.97. The average molecular weight is 483 g/mol. The Kier molecular flexibility index (Phi) is 6.16. The lowest BCUT2D eigenvalue weighted by Gasteiger charge is -2.30. The van der Waals surface area contributed by atoms with E-state index in [1.54, 1.807) is 22.9 Å². The SMILES string of the molecule is C[C@H]1CCCN(C(=O)CSc2nc3c(sc4ncccc43)c(=O)n2Cc2ccc(F)cc2)C1. The number of thioether (sulfide) groups is 1. The van der Waals surface area contributed by atoms with E-state index in [0.29, 0.717) is 21.3 Å². The second kappa shape index (κ2) is 9.23. The van der Waals surface area contributed by atoms with Crippen molar-refractivity contribution >= 4 is 49.4 Å². The first-order valence-corrected chi connectivity index (χ1v) is 12.7. The third-order valence-corrected chi connectivity index (χ3v) is 7.96. The number of carbonyl (C=O) groups excluding carboxylic acids is 1. The molecule has 0 saturated carbocycles. The molecule has 1 amide bonds. The van der Waals surface area contributed by atoms with Crippen molar-refractivity contribution in [1.29, 1.82) is 0 Å². The van der Waals surface area contributed by atoms with E-state index in [0.717, 1.165) is 41.7 Å². The number of rotatable bonds is 5. The van der Waals surface area contributed by atoms with Crippen LogP contribution < -0.4 is 5.56 Å². The van der Waals surface area contributed by atoms with Crippen LogP contribution in [0.1, 0.15) is 25.3 Å². The highest BCUT2D eigenvalue weighted by Crippen LogP contribution is 2.31. The molecule has 1 aliphatic heterocycles. The smallest absolute Gasteiger partial charge is 0.272 e. The molecule has 1 atom stereocenters. The summed E-state index contributed by atoms with van der Waals surface area (Å²) in [7, 11) is 0. The summed E-state index contributed by atoms with van der Waals surface area (Å²) in [6.07, 6.45) is 3.86. The van der Waals surface area contributed by atoms with E-state index < -0.39 is 0 Å². The largest absolute Gasteiger partial charge is 0.342 e. The zero-order valence-corrected chi connectivity index (χ0v) is 19.8. The van der Waals surface area contributed by atoms with Crippen LogP contribution in [-0.4, -0.2) is 44.2 Å². The quantitative estimate of drug-likeness (QED) is 0.309. The van der Waals surface area contributed by atoms with Crippen LogP contribution in [-0.2, 0) is 11.3 Å². The molecule has 3 aromatic heterocycles. The van der Waals surface area contributed by atoms with Gasteiger partial charge >= 0.3 is 0 Å². The predicted molar refractivity (Wildman–Crippen MR) is 130 cm³/mol. The van der Waals surface area contributed by atoms with Gasteiger partial charge in [-0.25, -0.2) is 14.4 Å². The number of carbonyl (C=O) groups is 1. The van der Waals surface area contributed by atoms with E-state index in [1.807, 2.05) is 17.0 Å². The number of hydrogen-bond acceptors (Lipinski definition) is 6. The molecule has 5 rings (SSSR count). The maximum Gasteiger partial charge on any atom is 0.272 e. The fraction of sp³-hybridized carbons (Fsp3) is 0.333. The third-order valence-electron chi connectivity index (χ3n) is 5.91. The van der Waals surface area contributed by atoms with Crippen molar-refractivity contribution in [1.82, 2.24) is 19.4 Å². The molecule has 6 nitrogen and oxygen atoms in total. The van der Waals surface area contributed by atoms with Crippen molar-refractivity contribution in [3.63, 3.8) is 0 Å². The maximum atomic E-state index is 13.5. The number of benzene rings is 1. The van der Waals surface area contributed by atoms with E-state index in [4.69, 9.17) is 4.98 Å². The second-order valence-corrected chi connectivity index (χ2v) is 10.4. The van der Waals surface area contributed by atoms with E-state index in [-0.39, 0.29) is 29.6 Å². The number of pyridine rings is 1. The van der Waals surface area contributed by atoms with Crippen molar-refractivity contribution in [3.8, 4) is 0 Å². The van der Waals surface area contributed by atoms with Gasteiger partial charge in [0, 0.05) is 24.7 Å². The molecule has 170 valence electrons. The minimum Gasteiger partial charge on any atom is -0.342 e. The lowest BCUT2D eigenvalue weighted by molar-refractivity contribution is -0.130. The average Bonchev–Trinajstić information content (AvgIpc) is 3.20. The first kappa shape index (κ1) is 22.0. The van der Waals surface area contributed by atoms with Crippen molar-refractivity contribution in [3.05, 3.63) is 64.3 Å². The van der Waals surface area contributed by atoms with Crippen LogP contribution >= 0.6 is 23.1 Å². The highest BCUT2D eigenvalue weighted by molar-refractivity contribution is 7.99. The Morgan fingerprint density at radius 1 is 1.27 bits per heavy atom. The molecule has 0 aliphatic carbocycles. The molecular weight excluding hydrogens is 459 g/mol. The van der Waals surface area contributed by atoms with Crippen LogP contribution in [0.5, 0.6) is 0 Å². The van der Waals surface area contributed by atoms with Crippen LogP contribution in [0.4, 0.5) is 4.39 Å². The number of piperidine rings is 1. The number of halogens is 1. The molecule has 1 saturated heterocycles. The van der Waals surface area contributed by atoms with Crippen molar-refractivity contribution in [2.45, 2.75) is 31.5 Å². The number of amides is 1. The number of aromatic nitrogens is 3. The molecule has 0 spiro atoms. The lowest BCUT2D eigenvalue weighted by Crippen LogP contribution is -2.40. The normalized spacial score (nSPS) is 16.5. The summed E-state index contributed by atoms with van der Waals surface area (Å²) in [5, 5.41) is 1.32. The van der Waals surface area contributed by atoms with Gasteiger partial charge in [0.15, 0.2) is 5.16 Å². The minimum atomic E-state index is -0.328. The molecule has 0 N–H and O–H groups in total. The lowest BCUT2D eigenvalue weighted by atomic mass is 10.0. The van der Waals surface area contributed by atoms with Gasteiger partial charge in [-0.15, -0.1) is 11.3 Å². The first-order valence-electron chi connectivity index (χ1n) is 10.9. The molecule has 1 fully saturated rings. The van der Waals surface area contributed by atoms with Gasteiger partial charge in [0.25, 0.3) is 5.56 Å². The molecule has 9 heteroatoms. The monoisotopic (exact) mass is 482 g/mol. The summed E-state index contributed by atoms with van der Waals surface area (Å²) in [4.78, 5) is 38.2. The van der Waals surface area contributed by atoms with Gasteiger partial charge in [0.1, 0.15) is 15.3 Å². The van der Waals surface area contributed by atoms with Crippen LogP contribution in [0.25, 0.3) is 20.4 Å². The number of hydrogen-bond donors (Lipinski definition) is 0. The Hall–Kier alpha value is -2.78. The molecular formula is C24H23FN4O2S2. The van der Waals surface area contributed by atoms with Crippen LogP contribution in [0, 0.1) is 11.7 Å². The molecule has 0 bridgehead atoms. The van der Waals surface area contributed by atoms with Crippen LogP contribution in [0.3, 0.4) is 0 Å². The Morgan fingerprint density at radius 2 is 2.09 bits per heavy atom. The summed E-state index contributed by atoms with van der Waals surface area (Å²) < 4.78 is 15.5. The minimum absolute atomic E-state index is 0.0612. The highest BCUT2D eigenvalue weighted by Gasteiger charge is 2.23. The van der Waals surface area contributed by atoms with Gasteiger partial charge in [-0.05, 0) is 48.6 Å². The number of nitrogens with zero attached hydrogens (tertiary/aromatic N) is 4. The molecule has 33 heavy (non-hydrogen) atoms. The third kappa shape index (κ3) is 4.52. The summed E-state index contributed by atoms with van der Waals surface area (Å²) in [5.41, 5.74) is 1.23. The predicted octanol–water partition coefficient (Wildman–Crippen LogP) is 4.54. The van der Waals surface area contributed by atoms with Crippen molar-refractivity contribution in [2.24, 2.45) is 5.92 Å². The van der Waals surface area contributed by atoms with Gasteiger partial charge in [-0.1, -0.05) is 30.8 Å². The topological polar surface area (TPSA) is 68.1 Å². The highest BCUT2D eigenvalue weighted by atomic mass is 32.2. The second-order valence-electron chi connectivity index (χ2n) is 8.42. The molecule has 0 radical (unpaired) electrons. The zero-order valence-electron chi connectivity index (χ0n) is 18.2. The van der Waals surface area contributed by atoms with E-state index in [1.165, 1.54) is 35.2 Å². The first-order chi connectivity index (χ1) is 16.0. The van der Waals surface area contributed by atoms with Crippen LogP contribution in [0.15, 0.2) is 52.5 Å². The number of likely N-dealkylation sites (tertiary alicyclic amines) is 1. The van der Waals surface area contributed by atoms with Gasteiger partial charge in [0.05, 0.1) is 17.8 Å². The maximum absolute atomic E-state index is 13.5. The zero-order chi connectivity index (χ0) is 22.9. The van der Waals surface area contributed by atoms with Gasteiger partial charge in [0.2, 0.25) is 5.91 Å². The van der Waals surface area contributed by atoms with Gasteiger partial charge in [-0.3, -0.25) is 14.2 Å². The molecule has 1 aliphatic rings. The fourth-order valence-electron chi connectivity index (χ4n) is 4.20. The van der Waals surface area contributed by atoms with E-state index in [9.17, 15) is 14.0 Å². The van der Waals surface area contributed by atoms with E-state index in [2.05, 4.69) is 11.9 Å². The molecule has 4 aromatic rings. The standard InChI is InChI=1S/C24H23FN4O2S2/c1-15-4-3-11-28(12-15)19(30)14-32-24-27-20-18-5-2-10-26-22(18)33-21(20)23(31)29(24)13-16-6-8-17(25)9-7-16/h2,5-10,15H,3-4,11-14H2,1H3/t15-/m0/s1. The van der Waals surface area contributed by atoms with Crippen molar-refractivity contribution in [2.75, 3.05) is 18.8 Å². The fourth-order valence-corrected chi connectivity index (χ4v) is 6.12. The summed E-state index contributed by atoms with van der Waals surface area (Å²) >= 11 is 2.60. The Labute approximate surface area is 198 Å². The summed E-state index contributed by atoms with van der Waals surface area (Å²) in [6, 6.07) is 9.81. The van der Waals surface area contributed by atoms with Crippen molar-refractivity contribution < 1.29 is 9.18 Å². The summed E-state index contributed by atoms with van der Waals surface area (Å²) in [5.74, 6) is 0.454. The van der Waals surface area contributed by atoms with Gasteiger partial charge < -0.3 is 4.90 Å². The Bertz CT molecular complexity index is 1380. The van der Waals surface area contributed by atoms with Gasteiger partial charge in [-0.2, -0.15) is 0 Å². The number of fused-ring (bicyclic) bond motifs is 3. The Morgan fingerprint density at radius 3 is 2.88 bits per heavy atom. The Balaban J connectivity index is 1.52. The van der Waals surface area contributed by atoms with E-state index >= 15 is 0 Å². The number of thiophene rings is 1. The molecule has 1 aromatic carbocycles. The molecule has 4 heterocycles.